The van der Waals surface area contributed by atoms with E-state index in [-0.39, 0.29) is 6.03 Å². The van der Waals surface area contributed by atoms with Crippen LogP contribution in [0.5, 0.6) is 0 Å². The first-order valence-electron chi connectivity index (χ1n) is 6.18. The number of amides is 2. The minimum absolute atomic E-state index is 0.182. The highest BCUT2D eigenvalue weighted by Gasteiger charge is 2.02. The topological polar surface area (TPSA) is 71.8 Å². The van der Waals surface area contributed by atoms with Crippen molar-refractivity contribution in [2.24, 2.45) is 0 Å². The second-order valence-corrected chi connectivity index (χ2v) is 4.25. The maximum atomic E-state index is 11.7. The number of carbonyl (C=O) groups excluding carboxylic acids is 1. The molecule has 0 aliphatic rings. The fourth-order valence-electron chi connectivity index (χ4n) is 1.68. The van der Waals surface area contributed by atoms with Crippen molar-refractivity contribution in [1.29, 1.82) is 0 Å². The molecule has 2 N–H and O–H groups in total. The van der Waals surface area contributed by atoms with Gasteiger partial charge in [0.05, 0.1) is 0 Å². The zero-order valence-electron chi connectivity index (χ0n) is 10.8. The van der Waals surface area contributed by atoms with Crippen LogP contribution in [-0.4, -0.2) is 27.3 Å². The summed E-state index contributed by atoms with van der Waals surface area (Å²) in [6.45, 7) is 3.36. The molecular formula is C13H17N5O. The van der Waals surface area contributed by atoms with E-state index in [1.807, 2.05) is 35.8 Å². The summed E-state index contributed by atoms with van der Waals surface area (Å²) in [5.74, 6) is 0. The van der Waals surface area contributed by atoms with E-state index in [4.69, 9.17) is 0 Å². The molecule has 0 saturated heterocycles. The first-order chi connectivity index (χ1) is 9.25. The molecule has 100 valence electrons. The fourth-order valence-corrected chi connectivity index (χ4v) is 1.68. The third-order valence-electron chi connectivity index (χ3n) is 2.74. The van der Waals surface area contributed by atoms with Crippen LogP contribution in [0.4, 0.5) is 10.5 Å². The number of aromatic nitrogens is 3. The number of anilines is 1. The van der Waals surface area contributed by atoms with E-state index in [1.54, 1.807) is 12.7 Å². The molecule has 1 heterocycles. The highest BCUT2D eigenvalue weighted by Crippen LogP contribution is 2.12. The minimum atomic E-state index is -0.182. The van der Waals surface area contributed by atoms with Gasteiger partial charge in [-0.25, -0.2) is 4.79 Å². The lowest BCUT2D eigenvalue weighted by Gasteiger charge is -2.09. The van der Waals surface area contributed by atoms with Gasteiger partial charge >= 0.3 is 6.03 Å². The highest BCUT2D eigenvalue weighted by atomic mass is 16.2. The Morgan fingerprint density at radius 3 is 2.74 bits per heavy atom. The minimum Gasteiger partial charge on any atom is -0.338 e. The smallest absolute Gasteiger partial charge is 0.319 e. The predicted molar refractivity (Wildman–Crippen MR) is 72.8 cm³/mol. The van der Waals surface area contributed by atoms with Gasteiger partial charge in [-0.1, -0.05) is 18.2 Å². The van der Waals surface area contributed by atoms with Crippen LogP contribution in [0.2, 0.25) is 0 Å². The molecule has 1 aromatic carbocycles. The van der Waals surface area contributed by atoms with Crippen LogP contribution >= 0.6 is 0 Å². The van der Waals surface area contributed by atoms with Gasteiger partial charge in [-0.2, -0.15) is 0 Å². The number of aryl methyl sites for hydroxylation is 2. The van der Waals surface area contributed by atoms with Crippen molar-refractivity contribution < 1.29 is 4.79 Å². The molecule has 0 aliphatic heterocycles. The Morgan fingerprint density at radius 1 is 1.26 bits per heavy atom. The van der Waals surface area contributed by atoms with E-state index in [0.717, 1.165) is 24.2 Å². The predicted octanol–water partition coefficient (Wildman–Crippen LogP) is 1.80. The first kappa shape index (κ1) is 13.1. The zero-order chi connectivity index (χ0) is 13.5. The van der Waals surface area contributed by atoms with Crippen LogP contribution in [-0.2, 0) is 6.54 Å². The summed E-state index contributed by atoms with van der Waals surface area (Å²) in [7, 11) is 0. The van der Waals surface area contributed by atoms with E-state index >= 15 is 0 Å². The third kappa shape index (κ3) is 4.09. The molecule has 2 rings (SSSR count). The van der Waals surface area contributed by atoms with Gasteiger partial charge in [0.15, 0.2) is 0 Å². The average Bonchev–Trinajstić information content (AvgIpc) is 2.91. The van der Waals surface area contributed by atoms with Crippen molar-refractivity contribution in [3.8, 4) is 0 Å². The molecule has 0 aliphatic carbocycles. The molecule has 0 radical (unpaired) electrons. The Hall–Kier alpha value is -2.37. The Balaban J connectivity index is 1.69. The fraction of sp³-hybridized carbons (Fsp3) is 0.308. The molecule has 2 aromatic rings. The van der Waals surface area contributed by atoms with Gasteiger partial charge < -0.3 is 15.2 Å². The average molecular weight is 259 g/mol. The molecule has 0 bridgehead atoms. The summed E-state index contributed by atoms with van der Waals surface area (Å²) in [6, 6.07) is 7.50. The van der Waals surface area contributed by atoms with Gasteiger partial charge in [0.2, 0.25) is 0 Å². The maximum Gasteiger partial charge on any atom is 0.319 e. The lowest BCUT2D eigenvalue weighted by atomic mass is 10.2. The van der Waals surface area contributed by atoms with Gasteiger partial charge in [-0.05, 0) is 25.0 Å². The summed E-state index contributed by atoms with van der Waals surface area (Å²) in [5, 5.41) is 13.1. The van der Waals surface area contributed by atoms with Crippen molar-refractivity contribution in [3.63, 3.8) is 0 Å². The molecule has 0 spiro atoms. The van der Waals surface area contributed by atoms with E-state index in [0.29, 0.717) is 6.54 Å². The molecule has 2 amide bonds. The summed E-state index contributed by atoms with van der Waals surface area (Å²) >= 11 is 0. The van der Waals surface area contributed by atoms with E-state index < -0.39 is 0 Å². The standard InChI is InChI=1S/C13H17N5O/c1-11-5-2-3-6-12(11)17-13(19)14-7-4-8-18-9-15-16-10-18/h2-3,5-6,9-10H,4,7-8H2,1H3,(H2,14,17,19). The number of benzene rings is 1. The van der Waals surface area contributed by atoms with Crippen LogP contribution in [0, 0.1) is 6.92 Å². The monoisotopic (exact) mass is 259 g/mol. The molecule has 0 atom stereocenters. The number of nitrogens with zero attached hydrogens (tertiary/aromatic N) is 3. The Morgan fingerprint density at radius 2 is 2.00 bits per heavy atom. The van der Waals surface area contributed by atoms with Crippen LogP contribution in [0.1, 0.15) is 12.0 Å². The number of hydrogen-bond acceptors (Lipinski definition) is 3. The van der Waals surface area contributed by atoms with Gasteiger partial charge in [0.25, 0.3) is 0 Å². The van der Waals surface area contributed by atoms with Crippen molar-refractivity contribution in [1.82, 2.24) is 20.1 Å². The summed E-state index contributed by atoms with van der Waals surface area (Å²) in [4.78, 5) is 11.7. The summed E-state index contributed by atoms with van der Waals surface area (Å²) in [5.41, 5.74) is 1.88. The van der Waals surface area contributed by atoms with Gasteiger partial charge in [0.1, 0.15) is 12.7 Å². The second-order valence-electron chi connectivity index (χ2n) is 4.25. The number of rotatable bonds is 5. The number of hydrogen-bond donors (Lipinski definition) is 2. The van der Waals surface area contributed by atoms with E-state index in [1.165, 1.54) is 0 Å². The van der Waals surface area contributed by atoms with Crippen molar-refractivity contribution in [3.05, 3.63) is 42.5 Å². The Labute approximate surface area is 111 Å². The Kier molecular flexibility index (Phi) is 4.49. The van der Waals surface area contributed by atoms with Gasteiger partial charge in [-0.15, -0.1) is 10.2 Å². The maximum absolute atomic E-state index is 11.7. The van der Waals surface area contributed by atoms with Crippen LogP contribution < -0.4 is 10.6 Å². The van der Waals surface area contributed by atoms with Crippen molar-refractivity contribution in [2.45, 2.75) is 19.9 Å². The molecular weight excluding hydrogens is 242 g/mol. The SMILES string of the molecule is Cc1ccccc1NC(=O)NCCCn1cnnc1. The molecule has 6 nitrogen and oxygen atoms in total. The van der Waals surface area contributed by atoms with Crippen LogP contribution in [0.3, 0.4) is 0 Å². The van der Waals surface area contributed by atoms with E-state index in [9.17, 15) is 4.79 Å². The van der Waals surface area contributed by atoms with Crippen molar-refractivity contribution in [2.75, 3.05) is 11.9 Å². The van der Waals surface area contributed by atoms with E-state index in [2.05, 4.69) is 20.8 Å². The summed E-state index contributed by atoms with van der Waals surface area (Å²) in [6.07, 6.45) is 4.15. The molecule has 1 aromatic heterocycles. The van der Waals surface area contributed by atoms with Crippen molar-refractivity contribution >= 4 is 11.7 Å². The number of nitrogens with one attached hydrogen (secondary N) is 2. The zero-order valence-corrected chi connectivity index (χ0v) is 10.8. The van der Waals surface area contributed by atoms with Crippen LogP contribution in [0.15, 0.2) is 36.9 Å². The molecule has 19 heavy (non-hydrogen) atoms. The lowest BCUT2D eigenvalue weighted by Crippen LogP contribution is -2.30. The molecule has 6 heteroatoms. The second kappa shape index (κ2) is 6.53. The third-order valence-corrected chi connectivity index (χ3v) is 2.74. The number of urea groups is 1. The Bertz CT molecular complexity index is 524. The summed E-state index contributed by atoms with van der Waals surface area (Å²) < 4.78 is 1.88. The molecule has 0 saturated carbocycles. The molecule has 0 fully saturated rings. The largest absolute Gasteiger partial charge is 0.338 e. The number of carbonyl (C=O) groups is 1. The first-order valence-corrected chi connectivity index (χ1v) is 6.18. The highest BCUT2D eigenvalue weighted by molar-refractivity contribution is 5.89. The van der Waals surface area contributed by atoms with Gasteiger partial charge in [-0.3, -0.25) is 0 Å². The number of para-hydroxylation sites is 1. The van der Waals surface area contributed by atoms with Gasteiger partial charge in [0, 0.05) is 18.8 Å². The quantitative estimate of drug-likeness (QED) is 0.804. The normalized spacial score (nSPS) is 10.2. The lowest BCUT2D eigenvalue weighted by molar-refractivity contribution is 0.252. The van der Waals surface area contributed by atoms with Crippen LogP contribution in [0.25, 0.3) is 0 Å². The molecule has 0 unspecified atom stereocenters.